The summed E-state index contributed by atoms with van der Waals surface area (Å²) in [4.78, 5) is 23.3. The summed E-state index contributed by atoms with van der Waals surface area (Å²) in [5, 5.41) is 5.92. The Hall–Kier alpha value is -1.88. The molecule has 0 aliphatic carbocycles. The Morgan fingerprint density at radius 2 is 2.06 bits per heavy atom. The molecule has 1 heterocycles. The molecule has 0 unspecified atom stereocenters. The fraction of sp³-hybridized carbons (Fsp3) is 0.385. The molecule has 1 aromatic rings. The summed E-state index contributed by atoms with van der Waals surface area (Å²) >= 11 is 0. The predicted molar refractivity (Wildman–Crippen MR) is 69.2 cm³/mol. The highest BCUT2D eigenvalue weighted by atomic mass is 16.2. The smallest absolute Gasteiger partial charge is 0.250 e. The van der Waals surface area contributed by atoms with Gasteiger partial charge in [0, 0.05) is 0 Å². The number of hydrogen-bond donors (Lipinski definition) is 3. The molecule has 1 aromatic carbocycles. The van der Waals surface area contributed by atoms with Crippen molar-refractivity contribution in [3.63, 3.8) is 0 Å². The van der Waals surface area contributed by atoms with E-state index in [4.69, 9.17) is 5.73 Å². The highest BCUT2D eigenvalue weighted by Gasteiger charge is 2.21. The Morgan fingerprint density at radius 3 is 2.72 bits per heavy atom. The van der Waals surface area contributed by atoms with Crippen LogP contribution in [0.15, 0.2) is 24.3 Å². The number of carbonyl (C=O) groups excluding carboxylic acids is 2. The monoisotopic (exact) mass is 247 g/mol. The minimum absolute atomic E-state index is 0.108. The van der Waals surface area contributed by atoms with Crippen molar-refractivity contribution < 1.29 is 9.59 Å². The second-order valence-electron chi connectivity index (χ2n) is 4.40. The number of piperidine rings is 1. The van der Waals surface area contributed by atoms with Gasteiger partial charge in [-0.3, -0.25) is 9.59 Å². The van der Waals surface area contributed by atoms with Crippen LogP contribution in [0.1, 0.15) is 29.6 Å². The molecule has 18 heavy (non-hydrogen) atoms. The maximum atomic E-state index is 12.0. The zero-order valence-corrected chi connectivity index (χ0v) is 10.1. The van der Waals surface area contributed by atoms with Crippen LogP contribution in [0.5, 0.6) is 0 Å². The lowest BCUT2D eigenvalue weighted by Gasteiger charge is -2.22. The quantitative estimate of drug-likeness (QED) is 0.741. The van der Waals surface area contributed by atoms with Crippen molar-refractivity contribution >= 4 is 17.5 Å². The molecule has 96 valence electrons. The molecular weight excluding hydrogens is 230 g/mol. The number of hydrogen-bond acceptors (Lipinski definition) is 3. The molecule has 0 radical (unpaired) electrons. The molecule has 2 amide bonds. The number of anilines is 1. The van der Waals surface area contributed by atoms with Gasteiger partial charge in [0.25, 0.3) is 5.91 Å². The molecule has 5 heteroatoms. The summed E-state index contributed by atoms with van der Waals surface area (Å²) < 4.78 is 0. The Balaban J connectivity index is 2.08. The van der Waals surface area contributed by atoms with Gasteiger partial charge in [-0.05, 0) is 31.5 Å². The van der Waals surface area contributed by atoms with E-state index in [9.17, 15) is 9.59 Å². The van der Waals surface area contributed by atoms with Crippen molar-refractivity contribution in [3.8, 4) is 0 Å². The van der Waals surface area contributed by atoms with Crippen molar-refractivity contribution in [1.29, 1.82) is 0 Å². The molecule has 4 N–H and O–H groups in total. The first-order valence-corrected chi connectivity index (χ1v) is 6.11. The van der Waals surface area contributed by atoms with E-state index in [1.54, 1.807) is 24.3 Å². The molecule has 0 saturated carbocycles. The van der Waals surface area contributed by atoms with E-state index in [1.807, 2.05) is 0 Å². The highest BCUT2D eigenvalue weighted by Crippen LogP contribution is 2.16. The van der Waals surface area contributed by atoms with E-state index in [2.05, 4.69) is 10.6 Å². The van der Waals surface area contributed by atoms with E-state index in [-0.39, 0.29) is 11.9 Å². The minimum atomic E-state index is -0.539. The lowest BCUT2D eigenvalue weighted by atomic mass is 10.0. The number of rotatable bonds is 3. The van der Waals surface area contributed by atoms with Crippen LogP contribution in [-0.2, 0) is 4.79 Å². The number of benzene rings is 1. The van der Waals surface area contributed by atoms with Crippen LogP contribution >= 0.6 is 0 Å². The molecule has 0 bridgehead atoms. The average Bonchev–Trinajstić information content (AvgIpc) is 2.40. The summed E-state index contributed by atoms with van der Waals surface area (Å²) in [5.74, 6) is -0.647. The Kier molecular flexibility index (Phi) is 3.94. The maximum Gasteiger partial charge on any atom is 0.250 e. The summed E-state index contributed by atoms with van der Waals surface area (Å²) in [7, 11) is 0. The first-order valence-electron chi connectivity index (χ1n) is 6.11. The zero-order chi connectivity index (χ0) is 13.0. The fourth-order valence-corrected chi connectivity index (χ4v) is 2.10. The number of nitrogens with one attached hydrogen (secondary N) is 2. The molecular formula is C13H17N3O2. The molecule has 1 aliphatic rings. The Labute approximate surface area is 106 Å². The van der Waals surface area contributed by atoms with Gasteiger partial charge < -0.3 is 16.4 Å². The van der Waals surface area contributed by atoms with Crippen molar-refractivity contribution in [1.82, 2.24) is 5.32 Å². The first-order chi connectivity index (χ1) is 8.68. The average molecular weight is 247 g/mol. The van der Waals surface area contributed by atoms with Crippen LogP contribution in [0.2, 0.25) is 0 Å². The molecule has 1 atom stereocenters. The minimum Gasteiger partial charge on any atom is -0.366 e. The van der Waals surface area contributed by atoms with Crippen molar-refractivity contribution in [2.45, 2.75) is 25.3 Å². The molecule has 0 aromatic heterocycles. The first kappa shape index (κ1) is 12.6. The maximum absolute atomic E-state index is 12.0. The molecule has 5 nitrogen and oxygen atoms in total. The van der Waals surface area contributed by atoms with Gasteiger partial charge in [-0.15, -0.1) is 0 Å². The van der Waals surface area contributed by atoms with Gasteiger partial charge >= 0.3 is 0 Å². The van der Waals surface area contributed by atoms with Crippen LogP contribution in [-0.4, -0.2) is 24.4 Å². The van der Waals surface area contributed by atoms with Crippen LogP contribution in [0.4, 0.5) is 5.69 Å². The topological polar surface area (TPSA) is 84.2 Å². The Bertz CT molecular complexity index is 453. The van der Waals surface area contributed by atoms with E-state index < -0.39 is 5.91 Å². The van der Waals surface area contributed by atoms with E-state index in [0.29, 0.717) is 11.3 Å². The van der Waals surface area contributed by atoms with Crippen LogP contribution in [0, 0.1) is 0 Å². The van der Waals surface area contributed by atoms with Crippen LogP contribution < -0.4 is 16.4 Å². The number of primary amides is 1. The van der Waals surface area contributed by atoms with Crippen LogP contribution in [0.3, 0.4) is 0 Å². The molecule has 1 aliphatic heterocycles. The summed E-state index contributed by atoms with van der Waals surface area (Å²) in [6.07, 6.45) is 2.97. The van der Waals surface area contributed by atoms with Crippen molar-refractivity contribution in [3.05, 3.63) is 29.8 Å². The molecule has 1 saturated heterocycles. The lowest BCUT2D eigenvalue weighted by molar-refractivity contribution is -0.118. The largest absolute Gasteiger partial charge is 0.366 e. The van der Waals surface area contributed by atoms with Crippen molar-refractivity contribution in [2.75, 3.05) is 11.9 Å². The van der Waals surface area contributed by atoms with Gasteiger partial charge in [0.15, 0.2) is 0 Å². The molecule has 2 rings (SSSR count). The van der Waals surface area contributed by atoms with Gasteiger partial charge in [-0.2, -0.15) is 0 Å². The predicted octanol–water partition coefficient (Wildman–Crippen LogP) is 0.866. The number of nitrogens with two attached hydrogens (primary N) is 1. The fourth-order valence-electron chi connectivity index (χ4n) is 2.10. The zero-order valence-electron chi connectivity index (χ0n) is 10.1. The standard InChI is InChI=1S/C13H17N3O2/c14-12(17)9-5-1-2-6-10(9)16-13(18)11-7-3-4-8-15-11/h1-2,5-6,11,15H,3-4,7-8H2,(H2,14,17)(H,16,18)/t11-/m0/s1. The van der Waals surface area contributed by atoms with Gasteiger partial charge in [0.1, 0.15) is 0 Å². The molecule has 1 fully saturated rings. The lowest BCUT2D eigenvalue weighted by Crippen LogP contribution is -2.43. The van der Waals surface area contributed by atoms with Gasteiger partial charge in [0.2, 0.25) is 5.91 Å². The third-order valence-electron chi connectivity index (χ3n) is 3.08. The normalized spacial score (nSPS) is 19.2. The number of amides is 2. The van der Waals surface area contributed by atoms with E-state index >= 15 is 0 Å². The third kappa shape index (κ3) is 2.87. The SMILES string of the molecule is NC(=O)c1ccccc1NC(=O)[C@@H]1CCCCN1. The number of para-hydroxylation sites is 1. The Morgan fingerprint density at radius 1 is 1.28 bits per heavy atom. The summed E-state index contributed by atoms with van der Waals surface area (Å²) in [5.41, 5.74) is 6.07. The summed E-state index contributed by atoms with van der Waals surface area (Å²) in [6, 6.07) is 6.58. The van der Waals surface area contributed by atoms with Gasteiger partial charge in [0.05, 0.1) is 17.3 Å². The molecule has 0 spiro atoms. The third-order valence-corrected chi connectivity index (χ3v) is 3.08. The second kappa shape index (κ2) is 5.64. The van der Waals surface area contributed by atoms with Crippen LogP contribution in [0.25, 0.3) is 0 Å². The number of carbonyl (C=O) groups is 2. The van der Waals surface area contributed by atoms with Gasteiger partial charge in [-0.1, -0.05) is 18.6 Å². The summed E-state index contributed by atoms with van der Waals surface area (Å²) in [6.45, 7) is 0.857. The van der Waals surface area contributed by atoms with E-state index in [1.165, 1.54) is 0 Å². The van der Waals surface area contributed by atoms with E-state index in [0.717, 1.165) is 25.8 Å². The van der Waals surface area contributed by atoms with Gasteiger partial charge in [-0.25, -0.2) is 0 Å². The second-order valence-corrected chi connectivity index (χ2v) is 4.40. The van der Waals surface area contributed by atoms with Crippen molar-refractivity contribution in [2.24, 2.45) is 5.73 Å². The highest BCUT2D eigenvalue weighted by molar-refractivity contribution is 6.04.